The predicted molar refractivity (Wildman–Crippen MR) is 73.1 cm³/mol. The van der Waals surface area contributed by atoms with E-state index in [2.05, 4.69) is 5.32 Å². The van der Waals surface area contributed by atoms with Crippen molar-refractivity contribution in [3.63, 3.8) is 0 Å². The molecule has 0 fully saturated rings. The summed E-state index contributed by atoms with van der Waals surface area (Å²) in [7, 11) is 3.77. The molecule has 2 unspecified atom stereocenters. The maximum Gasteiger partial charge on any atom is 0.324 e. The molecule has 0 aromatic rings. The molecule has 0 aliphatic rings. The highest BCUT2D eigenvalue weighted by atomic mass is 16.6. The van der Waals surface area contributed by atoms with Gasteiger partial charge in [-0.1, -0.05) is 13.8 Å². The molecule has 19 heavy (non-hydrogen) atoms. The number of hydrogen-bond acceptors (Lipinski definition) is 6. The summed E-state index contributed by atoms with van der Waals surface area (Å²) in [4.78, 5) is 25.0. The zero-order chi connectivity index (χ0) is 15.0. The second kappa shape index (κ2) is 8.84. The van der Waals surface area contributed by atoms with Gasteiger partial charge in [0.15, 0.2) is 0 Å². The molecule has 0 spiro atoms. The van der Waals surface area contributed by atoms with Crippen LogP contribution < -0.4 is 16.8 Å². The zero-order valence-electron chi connectivity index (χ0n) is 12.2. The highest BCUT2D eigenvalue weighted by Gasteiger charge is 2.23. The van der Waals surface area contributed by atoms with E-state index in [4.69, 9.17) is 16.2 Å². The van der Waals surface area contributed by atoms with Crippen molar-refractivity contribution >= 4 is 11.9 Å². The average Bonchev–Trinajstić information content (AvgIpc) is 2.27. The number of nitrogens with one attached hydrogen (secondary N) is 1. The molecule has 0 aliphatic heterocycles. The SMILES string of the molecule is CC(C)CC(N)C(=O)OC(N)C(=O)NCCN(C)C. The highest BCUT2D eigenvalue weighted by Crippen LogP contribution is 2.04. The molecule has 0 radical (unpaired) electrons. The molecule has 1 amide bonds. The van der Waals surface area contributed by atoms with Crippen molar-refractivity contribution in [1.29, 1.82) is 0 Å². The second-order valence-electron chi connectivity index (χ2n) is 5.19. The lowest BCUT2D eigenvalue weighted by Gasteiger charge is -2.18. The first-order valence-corrected chi connectivity index (χ1v) is 6.38. The van der Waals surface area contributed by atoms with Crippen LogP contribution in [0.25, 0.3) is 0 Å². The Morgan fingerprint density at radius 2 is 1.84 bits per heavy atom. The van der Waals surface area contributed by atoms with Crippen molar-refractivity contribution in [2.24, 2.45) is 17.4 Å². The molecule has 7 nitrogen and oxygen atoms in total. The van der Waals surface area contributed by atoms with Gasteiger partial charge in [-0.15, -0.1) is 0 Å². The lowest BCUT2D eigenvalue weighted by atomic mass is 10.1. The van der Waals surface area contributed by atoms with Gasteiger partial charge in [-0.05, 0) is 26.4 Å². The standard InChI is InChI=1S/C12H26N4O3/c1-8(2)7-9(13)12(18)19-10(14)11(17)15-5-6-16(3)4/h8-10H,5-7,13-14H2,1-4H3,(H,15,17). The number of likely N-dealkylation sites (N-methyl/N-ethyl adjacent to an activating group) is 1. The van der Waals surface area contributed by atoms with Crippen molar-refractivity contribution < 1.29 is 14.3 Å². The monoisotopic (exact) mass is 274 g/mol. The fourth-order valence-electron chi connectivity index (χ4n) is 1.37. The van der Waals surface area contributed by atoms with E-state index in [9.17, 15) is 9.59 Å². The van der Waals surface area contributed by atoms with Gasteiger partial charge >= 0.3 is 5.97 Å². The number of carbonyl (C=O) groups excluding carboxylic acids is 2. The molecule has 0 bridgehead atoms. The van der Waals surface area contributed by atoms with Crippen LogP contribution in [-0.4, -0.2) is 56.2 Å². The average molecular weight is 274 g/mol. The fourth-order valence-corrected chi connectivity index (χ4v) is 1.37. The number of amides is 1. The number of ether oxygens (including phenoxy) is 1. The Morgan fingerprint density at radius 1 is 1.26 bits per heavy atom. The summed E-state index contributed by atoms with van der Waals surface area (Å²) >= 11 is 0. The van der Waals surface area contributed by atoms with Crippen LogP contribution in [0.1, 0.15) is 20.3 Å². The first-order valence-electron chi connectivity index (χ1n) is 6.38. The Balaban J connectivity index is 4.03. The number of esters is 1. The van der Waals surface area contributed by atoms with Crippen molar-refractivity contribution in [2.45, 2.75) is 32.5 Å². The summed E-state index contributed by atoms with van der Waals surface area (Å²) in [6.45, 7) is 5.01. The van der Waals surface area contributed by atoms with Crippen LogP contribution in [-0.2, 0) is 14.3 Å². The third kappa shape index (κ3) is 8.52. The van der Waals surface area contributed by atoms with Gasteiger partial charge in [0, 0.05) is 13.1 Å². The maximum atomic E-state index is 11.6. The minimum atomic E-state index is -1.31. The van der Waals surface area contributed by atoms with E-state index < -0.39 is 24.1 Å². The van der Waals surface area contributed by atoms with E-state index in [-0.39, 0.29) is 5.92 Å². The molecular formula is C12H26N4O3. The summed E-state index contributed by atoms with van der Waals surface area (Å²) < 4.78 is 4.82. The molecule has 0 aromatic carbocycles. The number of carbonyl (C=O) groups is 2. The molecule has 0 saturated heterocycles. The fraction of sp³-hybridized carbons (Fsp3) is 0.833. The van der Waals surface area contributed by atoms with E-state index in [1.54, 1.807) is 0 Å². The van der Waals surface area contributed by atoms with E-state index in [0.29, 0.717) is 19.5 Å². The lowest BCUT2D eigenvalue weighted by Crippen LogP contribution is -2.47. The molecular weight excluding hydrogens is 248 g/mol. The van der Waals surface area contributed by atoms with Crippen molar-refractivity contribution in [3.8, 4) is 0 Å². The summed E-state index contributed by atoms with van der Waals surface area (Å²) in [5, 5.41) is 2.58. The lowest BCUT2D eigenvalue weighted by molar-refractivity contribution is -0.157. The molecule has 0 heterocycles. The minimum absolute atomic E-state index is 0.271. The second-order valence-corrected chi connectivity index (χ2v) is 5.19. The first-order chi connectivity index (χ1) is 8.73. The predicted octanol–water partition coefficient (Wildman–Crippen LogP) is -1.13. The van der Waals surface area contributed by atoms with Crippen molar-refractivity contribution in [3.05, 3.63) is 0 Å². The topological polar surface area (TPSA) is 111 Å². The Hall–Kier alpha value is -1.18. The van der Waals surface area contributed by atoms with Gasteiger partial charge < -0.3 is 20.7 Å². The van der Waals surface area contributed by atoms with Gasteiger partial charge in [-0.3, -0.25) is 15.3 Å². The molecule has 0 aromatic heterocycles. The number of nitrogens with two attached hydrogens (primary N) is 2. The van der Waals surface area contributed by atoms with Crippen LogP contribution in [0.5, 0.6) is 0 Å². The Labute approximate surface area is 114 Å². The first kappa shape index (κ1) is 17.8. The van der Waals surface area contributed by atoms with Crippen LogP contribution in [0.2, 0.25) is 0 Å². The third-order valence-corrected chi connectivity index (χ3v) is 2.39. The van der Waals surface area contributed by atoms with Crippen LogP contribution in [0.15, 0.2) is 0 Å². The van der Waals surface area contributed by atoms with E-state index >= 15 is 0 Å². The Kier molecular flexibility index (Phi) is 8.29. The summed E-state index contributed by atoms with van der Waals surface area (Å²) in [5.74, 6) is -0.899. The van der Waals surface area contributed by atoms with Gasteiger partial charge in [0.05, 0.1) is 0 Å². The molecule has 0 aliphatic carbocycles. The van der Waals surface area contributed by atoms with Crippen LogP contribution in [0.3, 0.4) is 0 Å². The smallest absolute Gasteiger partial charge is 0.324 e. The minimum Gasteiger partial charge on any atom is -0.436 e. The van der Waals surface area contributed by atoms with E-state index in [1.165, 1.54) is 0 Å². The Morgan fingerprint density at radius 3 is 2.32 bits per heavy atom. The zero-order valence-corrected chi connectivity index (χ0v) is 12.2. The van der Waals surface area contributed by atoms with E-state index in [1.807, 2.05) is 32.8 Å². The quantitative estimate of drug-likeness (QED) is 0.381. The molecule has 5 N–H and O–H groups in total. The Bertz CT molecular complexity index is 295. The third-order valence-electron chi connectivity index (χ3n) is 2.39. The van der Waals surface area contributed by atoms with Crippen LogP contribution >= 0.6 is 0 Å². The van der Waals surface area contributed by atoms with Gasteiger partial charge in [0.1, 0.15) is 6.04 Å². The van der Waals surface area contributed by atoms with E-state index in [0.717, 1.165) is 0 Å². The summed E-state index contributed by atoms with van der Waals surface area (Å²) in [6.07, 6.45) is -0.818. The normalized spacial score (nSPS) is 14.3. The summed E-state index contributed by atoms with van der Waals surface area (Å²) in [6, 6.07) is -0.749. The molecule has 2 atom stereocenters. The highest BCUT2D eigenvalue weighted by molar-refractivity contribution is 5.84. The number of nitrogens with zero attached hydrogens (tertiary/aromatic N) is 1. The van der Waals surface area contributed by atoms with Gasteiger partial charge in [-0.25, -0.2) is 0 Å². The molecule has 0 saturated carbocycles. The van der Waals surface area contributed by atoms with Gasteiger partial charge in [-0.2, -0.15) is 0 Å². The number of hydrogen-bond donors (Lipinski definition) is 3. The maximum absolute atomic E-state index is 11.6. The van der Waals surface area contributed by atoms with Crippen LogP contribution in [0.4, 0.5) is 0 Å². The molecule has 112 valence electrons. The molecule has 0 rings (SSSR count). The van der Waals surface area contributed by atoms with Gasteiger partial charge in [0.2, 0.25) is 6.23 Å². The summed E-state index contributed by atoms with van der Waals surface area (Å²) in [5.41, 5.74) is 11.1. The van der Waals surface area contributed by atoms with Gasteiger partial charge in [0.25, 0.3) is 5.91 Å². The molecule has 7 heteroatoms. The van der Waals surface area contributed by atoms with Crippen molar-refractivity contribution in [2.75, 3.05) is 27.2 Å². The van der Waals surface area contributed by atoms with Crippen molar-refractivity contribution in [1.82, 2.24) is 10.2 Å². The largest absolute Gasteiger partial charge is 0.436 e. The number of rotatable bonds is 8. The van der Waals surface area contributed by atoms with Crippen LogP contribution in [0, 0.1) is 5.92 Å².